The maximum atomic E-state index is 14.4. The van der Waals surface area contributed by atoms with Crippen LogP contribution in [0.15, 0.2) is 91.0 Å². The van der Waals surface area contributed by atoms with Gasteiger partial charge >= 0.3 is 19.7 Å². The van der Waals surface area contributed by atoms with Crippen LogP contribution in [0.4, 0.5) is 10.5 Å². The van der Waals surface area contributed by atoms with Gasteiger partial charge in [0, 0.05) is 24.8 Å². The van der Waals surface area contributed by atoms with E-state index in [9.17, 15) is 34.2 Å². The summed E-state index contributed by atoms with van der Waals surface area (Å²) in [5.74, 6) is -3.75. The van der Waals surface area contributed by atoms with Crippen molar-refractivity contribution in [2.24, 2.45) is 5.92 Å². The number of benzene rings is 3. The van der Waals surface area contributed by atoms with E-state index in [-0.39, 0.29) is 31.9 Å². The molecule has 3 rings (SSSR count). The van der Waals surface area contributed by atoms with Crippen LogP contribution < -0.4 is 10.6 Å². The Balaban J connectivity index is 1.66. The van der Waals surface area contributed by atoms with Crippen molar-refractivity contribution < 1.29 is 42.8 Å². The molecule has 0 radical (unpaired) electrons. The summed E-state index contributed by atoms with van der Waals surface area (Å²) in [7, 11) is -4.35. The lowest BCUT2D eigenvalue weighted by molar-refractivity contribution is -0.384. The van der Waals surface area contributed by atoms with Crippen LogP contribution in [0.25, 0.3) is 6.08 Å². The Morgan fingerprint density at radius 1 is 0.917 bits per heavy atom. The number of carboxylic acids is 1. The maximum absolute atomic E-state index is 14.4. The summed E-state index contributed by atoms with van der Waals surface area (Å²) in [6.07, 6.45) is 1.09. The molecule has 0 aromatic heterocycles. The van der Waals surface area contributed by atoms with Crippen molar-refractivity contribution in [3.05, 3.63) is 118 Å². The van der Waals surface area contributed by atoms with E-state index >= 15 is 0 Å². The highest BCUT2D eigenvalue weighted by atomic mass is 31.2. The first-order chi connectivity index (χ1) is 23.0. The SMILES string of the molecule is CC(C)C(NC(=O)C=Cc1ccc([N+](=O)[O-])cc1)P(=O)(OCc1ccccc1)O[C@@H](CCCCNC(=O)OCc1ccccc1)C(=O)O. The van der Waals surface area contributed by atoms with Crippen LogP contribution in [0.3, 0.4) is 0 Å². The van der Waals surface area contributed by atoms with E-state index in [1.54, 1.807) is 44.2 Å². The molecular weight excluding hydrogens is 641 g/mol. The second kappa shape index (κ2) is 19.1. The molecule has 0 aliphatic rings. The molecule has 0 aliphatic carbocycles. The zero-order chi connectivity index (χ0) is 34.9. The first-order valence-corrected chi connectivity index (χ1v) is 16.9. The van der Waals surface area contributed by atoms with E-state index in [0.717, 1.165) is 5.56 Å². The number of carbonyl (C=O) groups is 3. The lowest BCUT2D eigenvalue weighted by Crippen LogP contribution is -2.40. The average Bonchev–Trinajstić information content (AvgIpc) is 3.08. The highest BCUT2D eigenvalue weighted by Crippen LogP contribution is 2.56. The van der Waals surface area contributed by atoms with Crippen molar-refractivity contribution in [3.63, 3.8) is 0 Å². The summed E-state index contributed by atoms with van der Waals surface area (Å²) >= 11 is 0. The number of amides is 2. The van der Waals surface area contributed by atoms with Crippen LogP contribution in [0.1, 0.15) is 49.8 Å². The number of rotatable bonds is 19. The van der Waals surface area contributed by atoms with E-state index in [2.05, 4.69) is 10.6 Å². The van der Waals surface area contributed by atoms with Crippen molar-refractivity contribution in [1.82, 2.24) is 10.6 Å². The molecule has 0 fully saturated rings. The zero-order valence-corrected chi connectivity index (χ0v) is 27.6. The van der Waals surface area contributed by atoms with Gasteiger partial charge in [0.25, 0.3) is 5.69 Å². The predicted molar refractivity (Wildman–Crippen MR) is 179 cm³/mol. The molecule has 3 N–H and O–H groups in total. The van der Waals surface area contributed by atoms with E-state index in [4.69, 9.17) is 13.8 Å². The van der Waals surface area contributed by atoms with Crippen molar-refractivity contribution in [3.8, 4) is 0 Å². The summed E-state index contributed by atoms with van der Waals surface area (Å²) in [5, 5.41) is 26.2. The summed E-state index contributed by atoms with van der Waals surface area (Å²) < 4.78 is 31.2. The first kappa shape index (κ1) is 37.6. The molecule has 0 saturated heterocycles. The number of unbranched alkanes of at least 4 members (excludes halogenated alkanes) is 1. The molecule has 0 spiro atoms. The topological polar surface area (TPSA) is 183 Å². The third-order valence-corrected chi connectivity index (χ3v) is 9.42. The lowest BCUT2D eigenvalue weighted by Gasteiger charge is -2.31. The summed E-state index contributed by atoms with van der Waals surface area (Å²) in [6, 6.07) is 23.5. The van der Waals surface area contributed by atoms with E-state index < -0.39 is 48.3 Å². The second-order valence-electron chi connectivity index (χ2n) is 11.1. The van der Waals surface area contributed by atoms with Gasteiger partial charge in [-0.3, -0.25) is 24.0 Å². The smallest absolute Gasteiger partial charge is 0.407 e. The fraction of sp³-hybridized carbons (Fsp3) is 0.324. The lowest BCUT2D eigenvalue weighted by atomic mass is 10.1. The first-order valence-electron chi connectivity index (χ1n) is 15.3. The molecule has 14 heteroatoms. The van der Waals surface area contributed by atoms with Crippen molar-refractivity contribution >= 4 is 37.3 Å². The van der Waals surface area contributed by atoms with Gasteiger partial charge in [-0.1, -0.05) is 74.5 Å². The number of nitrogens with zero attached hydrogens (tertiary/aromatic N) is 1. The van der Waals surface area contributed by atoms with Gasteiger partial charge in [-0.2, -0.15) is 0 Å². The second-order valence-corrected chi connectivity index (χ2v) is 13.2. The number of nitro benzene ring substituents is 1. The highest BCUT2D eigenvalue weighted by molar-refractivity contribution is 7.54. The zero-order valence-electron chi connectivity index (χ0n) is 26.7. The number of alkyl carbamates (subject to hydrolysis) is 1. The molecule has 48 heavy (non-hydrogen) atoms. The number of non-ortho nitro benzene ring substituents is 1. The standard InChI is InChI=1S/C34H40N3O10P/c1-25(2)32(36-31(38)21-18-26-16-19-29(20-17-26)37(42)43)48(44,46-24-28-13-7-4-8-14-28)47-30(33(39)40)15-9-10-22-35-34(41)45-23-27-11-5-3-6-12-27/h3-8,11-14,16-21,25,30,32H,9-10,15,22-24H2,1-2H3,(H,35,41)(H,36,38)(H,39,40)/t30-,32?,48?/m0/s1. The molecule has 0 heterocycles. The highest BCUT2D eigenvalue weighted by Gasteiger charge is 2.43. The molecule has 0 saturated carbocycles. The summed E-state index contributed by atoms with van der Waals surface area (Å²) in [6.45, 7) is 3.53. The monoisotopic (exact) mass is 681 g/mol. The Hall–Kier alpha value is -4.84. The molecule has 13 nitrogen and oxygen atoms in total. The normalized spacial score (nSPS) is 13.7. The van der Waals surface area contributed by atoms with E-state index in [1.807, 2.05) is 30.3 Å². The van der Waals surface area contributed by atoms with Crippen LogP contribution in [0.2, 0.25) is 0 Å². The fourth-order valence-electron chi connectivity index (χ4n) is 4.42. The summed E-state index contributed by atoms with van der Waals surface area (Å²) in [4.78, 5) is 47.6. The van der Waals surface area contributed by atoms with Gasteiger partial charge in [-0.15, -0.1) is 0 Å². The number of hydrogen-bond acceptors (Lipinski definition) is 9. The number of ether oxygens (including phenoxy) is 1. The Labute approximate surface area is 279 Å². The van der Waals surface area contributed by atoms with Crippen LogP contribution in [0, 0.1) is 16.0 Å². The van der Waals surface area contributed by atoms with Gasteiger partial charge < -0.3 is 25.0 Å². The third-order valence-electron chi connectivity index (χ3n) is 6.97. The molecule has 0 bridgehead atoms. The van der Waals surface area contributed by atoms with Gasteiger partial charge in [-0.05, 0) is 60.1 Å². The number of aliphatic carboxylic acids is 1. The number of nitro groups is 1. The molecule has 256 valence electrons. The fourth-order valence-corrected chi connectivity index (χ4v) is 6.66. The Bertz CT molecular complexity index is 1570. The van der Waals surface area contributed by atoms with Crippen LogP contribution in [0.5, 0.6) is 0 Å². The minimum atomic E-state index is -4.35. The van der Waals surface area contributed by atoms with Crippen molar-refractivity contribution in [2.45, 2.75) is 58.2 Å². The van der Waals surface area contributed by atoms with Gasteiger partial charge in [-0.25, -0.2) is 9.59 Å². The summed E-state index contributed by atoms with van der Waals surface area (Å²) in [5.41, 5.74) is 1.91. The Morgan fingerprint density at radius 3 is 2.08 bits per heavy atom. The number of carbonyl (C=O) groups excluding carboxylic acids is 2. The van der Waals surface area contributed by atoms with Crippen LogP contribution in [-0.4, -0.2) is 46.4 Å². The Morgan fingerprint density at radius 2 is 1.52 bits per heavy atom. The third kappa shape index (κ3) is 12.7. The molecule has 3 aromatic rings. The quantitative estimate of drug-likeness (QED) is 0.0405. The van der Waals surface area contributed by atoms with Crippen molar-refractivity contribution in [1.29, 1.82) is 0 Å². The van der Waals surface area contributed by atoms with E-state index in [1.165, 1.54) is 36.4 Å². The predicted octanol–water partition coefficient (Wildman–Crippen LogP) is 6.68. The molecular formula is C34H40N3O10P. The molecule has 2 amide bonds. The van der Waals surface area contributed by atoms with Gasteiger partial charge in [0.1, 0.15) is 12.4 Å². The minimum Gasteiger partial charge on any atom is -0.479 e. The molecule has 3 atom stereocenters. The van der Waals surface area contributed by atoms with Gasteiger partial charge in [0.2, 0.25) is 5.91 Å². The van der Waals surface area contributed by atoms with Gasteiger partial charge in [0.05, 0.1) is 11.5 Å². The minimum absolute atomic E-state index is 0.0480. The van der Waals surface area contributed by atoms with E-state index in [0.29, 0.717) is 24.0 Å². The number of carboxylic acid groups (broad SMARTS) is 1. The van der Waals surface area contributed by atoms with Gasteiger partial charge in [0.15, 0.2) is 6.10 Å². The average molecular weight is 682 g/mol. The van der Waals surface area contributed by atoms with Crippen LogP contribution >= 0.6 is 7.60 Å². The Kier molecular flexibility index (Phi) is 15.0. The maximum Gasteiger partial charge on any atom is 0.407 e. The number of nitrogens with one attached hydrogen (secondary N) is 2. The molecule has 0 aliphatic heterocycles. The largest absolute Gasteiger partial charge is 0.479 e. The number of hydrogen-bond donors (Lipinski definition) is 3. The van der Waals surface area contributed by atoms with Crippen molar-refractivity contribution in [2.75, 3.05) is 6.54 Å². The van der Waals surface area contributed by atoms with Crippen LogP contribution in [-0.2, 0) is 41.2 Å². The molecule has 3 aromatic carbocycles. The molecule has 2 unspecified atom stereocenters.